The van der Waals surface area contributed by atoms with Crippen LogP contribution in [0.5, 0.6) is 23.0 Å². The summed E-state index contributed by atoms with van der Waals surface area (Å²) >= 11 is 0. The molecule has 6 bridgehead atoms. The zero-order valence-corrected chi connectivity index (χ0v) is 30.9. The van der Waals surface area contributed by atoms with Gasteiger partial charge in [-0.3, -0.25) is 0 Å². The van der Waals surface area contributed by atoms with Crippen LogP contribution in [0.2, 0.25) is 0 Å². The average Bonchev–Trinajstić information content (AvgIpc) is 4.01. The summed E-state index contributed by atoms with van der Waals surface area (Å²) in [7, 11) is -2.02. The minimum atomic E-state index is -1.01. The molecule has 11 rings (SSSR count). The van der Waals surface area contributed by atoms with Gasteiger partial charge in [-0.15, -0.1) is 0 Å². The fraction of sp³-hybridized carbons (Fsp3) is 0.191. The van der Waals surface area contributed by atoms with Gasteiger partial charge < -0.3 is 18.9 Å². The first kappa shape index (κ1) is 31.6. The van der Waals surface area contributed by atoms with Gasteiger partial charge in [-0.25, -0.2) is 0 Å². The van der Waals surface area contributed by atoms with Gasteiger partial charge in [0, 0.05) is 24.0 Å². The van der Waals surface area contributed by atoms with Crippen molar-refractivity contribution in [2.24, 2.45) is 23.7 Å². The molecule has 0 radical (unpaired) electrons. The second kappa shape index (κ2) is 12.9. The van der Waals surface area contributed by atoms with Gasteiger partial charge in [-0.05, 0) is 102 Å². The van der Waals surface area contributed by atoms with E-state index in [9.17, 15) is 0 Å². The summed E-state index contributed by atoms with van der Waals surface area (Å²) in [6.45, 7) is 0. The SMILES string of the molecule is C1=CC2CC1C1C[C@@H]3Oc4ccc(P(c5ccccc5)c5ccccc5)c(c4O3)-c3c(P(c4ccccc4)c4ccccc4)ccc4c3O[C@@H](CC21)O4. The van der Waals surface area contributed by atoms with Crippen LogP contribution >= 0.6 is 15.8 Å². The summed E-state index contributed by atoms with van der Waals surface area (Å²) in [5, 5.41) is 7.55. The maximum absolute atomic E-state index is 7.17. The fourth-order valence-corrected chi connectivity index (χ4v) is 14.4. The van der Waals surface area contributed by atoms with E-state index in [-0.39, 0.29) is 12.6 Å². The summed E-state index contributed by atoms with van der Waals surface area (Å²) in [6, 6.07) is 52.7. The maximum Gasteiger partial charge on any atom is 0.241 e. The number of allylic oxidation sites excluding steroid dienone is 2. The normalized spacial score (nSPS) is 24.1. The highest BCUT2D eigenvalue weighted by Gasteiger charge is 2.49. The van der Waals surface area contributed by atoms with Crippen LogP contribution in [0.3, 0.4) is 0 Å². The van der Waals surface area contributed by atoms with Crippen LogP contribution < -0.4 is 50.8 Å². The van der Waals surface area contributed by atoms with Crippen molar-refractivity contribution in [2.45, 2.75) is 31.8 Å². The standard InChI is InChI=1S/C47H38O4P2/c1-5-13-32(14-6-1)52(33-15-7-2-8-16-33)40-25-23-38-46-44(40)45-41(53(34-17-9-3-10-18-34)35-19-11-4-12-20-35)26-24-39-47(45)51-43(49-39)29-37-31-22-21-30(27-31)36(37)28-42(48-38)50-46/h1-26,30-31,36-37,42-43H,27-29H2/t30?,31?,36?,37?,42-,43+. The first-order chi connectivity index (χ1) is 26.3. The molecular weight excluding hydrogens is 690 g/mol. The predicted molar refractivity (Wildman–Crippen MR) is 216 cm³/mol. The Kier molecular flexibility index (Phi) is 7.70. The number of benzene rings is 6. The third-order valence-electron chi connectivity index (χ3n) is 11.7. The Morgan fingerprint density at radius 3 is 1.09 bits per heavy atom. The Balaban J connectivity index is 1.21. The smallest absolute Gasteiger partial charge is 0.241 e. The van der Waals surface area contributed by atoms with Gasteiger partial charge in [0.2, 0.25) is 12.6 Å². The van der Waals surface area contributed by atoms with E-state index in [2.05, 4.69) is 158 Å². The zero-order valence-electron chi connectivity index (χ0n) is 29.1. The highest BCUT2D eigenvalue weighted by atomic mass is 31.1. The number of hydrogen-bond donors (Lipinski definition) is 0. The quantitative estimate of drug-likeness (QED) is 0.128. The van der Waals surface area contributed by atoms with Gasteiger partial charge in [0.1, 0.15) is 0 Å². The summed E-state index contributed by atoms with van der Waals surface area (Å²) < 4.78 is 28.0. The second-order valence-corrected chi connectivity index (χ2v) is 19.0. The zero-order chi connectivity index (χ0) is 34.9. The van der Waals surface area contributed by atoms with Gasteiger partial charge in [0.15, 0.2) is 23.0 Å². The Labute approximate surface area is 312 Å². The van der Waals surface area contributed by atoms with E-state index in [1.165, 1.54) is 38.2 Å². The van der Waals surface area contributed by atoms with E-state index in [1.54, 1.807) is 0 Å². The van der Waals surface area contributed by atoms with Crippen LogP contribution in [0, 0.1) is 23.7 Å². The van der Waals surface area contributed by atoms with E-state index in [1.807, 2.05) is 0 Å². The van der Waals surface area contributed by atoms with Crippen LogP contribution in [0.4, 0.5) is 0 Å². The first-order valence-electron chi connectivity index (χ1n) is 18.8. The summed E-state index contributed by atoms with van der Waals surface area (Å²) in [5.41, 5.74) is 2.12. The Bertz CT molecular complexity index is 2090. The lowest BCUT2D eigenvalue weighted by Gasteiger charge is -2.31. The third-order valence-corrected chi connectivity index (χ3v) is 16.7. The monoisotopic (exact) mass is 728 g/mol. The molecule has 6 aromatic carbocycles. The molecule has 0 N–H and O–H groups in total. The molecule has 2 aliphatic carbocycles. The van der Waals surface area contributed by atoms with Crippen LogP contribution in [0.1, 0.15) is 19.3 Å². The van der Waals surface area contributed by atoms with Crippen LogP contribution in [-0.2, 0) is 0 Å². The predicted octanol–water partition coefficient (Wildman–Crippen LogP) is 8.30. The summed E-state index contributed by atoms with van der Waals surface area (Å²) in [5.74, 6) is 5.23. The third kappa shape index (κ3) is 5.33. The molecule has 4 nitrogen and oxygen atoms in total. The van der Waals surface area contributed by atoms with Crippen molar-refractivity contribution in [1.82, 2.24) is 0 Å². The minimum Gasteiger partial charge on any atom is -0.451 e. The van der Waals surface area contributed by atoms with Crippen molar-refractivity contribution < 1.29 is 18.9 Å². The van der Waals surface area contributed by atoms with Crippen molar-refractivity contribution in [3.05, 3.63) is 158 Å². The van der Waals surface area contributed by atoms with Crippen molar-refractivity contribution in [3.8, 4) is 34.1 Å². The lowest BCUT2D eigenvalue weighted by Crippen LogP contribution is -2.33. The molecule has 3 aliphatic heterocycles. The highest BCUT2D eigenvalue weighted by Crippen LogP contribution is 2.58. The molecule has 0 amide bonds. The van der Waals surface area contributed by atoms with Crippen molar-refractivity contribution in [3.63, 3.8) is 0 Å². The molecule has 4 unspecified atom stereocenters. The Morgan fingerprint density at radius 2 is 0.736 bits per heavy atom. The van der Waals surface area contributed by atoms with E-state index in [0.29, 0.717) is 23.7 Å². The molecule has 0 spiro atoms. The lowest BCUT2D eigenvalue weighted by molar-refractivity contribution is -0.00992. The van der Waals surface area contributed by atoms with Crippen molar-refractivity contribution in [1.29, 1.82) is 0 Å². The number of rotatable bonds is 6. The lowest BCUT2D eigenvalue weighted by atomic mass is 9.79. The van der Waals surface area contributed by atoms with Crippen LogP contribution in [-0.4, -0.2) is 12.6 Å². The molecule has 6 aromatic rings. The van der Waals surface area contributed by atoms with Gasteiger partial charge >= 0.3 is 0 Å². The Morgan fingerprint density at radius 1 is 0.377 bits per heavy atom. The maximum atomic E-state index is 7.17. The van der Waals surface area contributed by atoms with Gasteiger partial charge in [0.05, 0.1) is 0 Å². The van der Waals surface area contributed by atoms with Gasteiger partial charge in [-0.1, -0.05) is 133 Å². The van der Waals surface area contributed by atoms with Crippen LogP contribution in [0.15, 0.2) is 158 Å². The molecule has 53 heavy (non-hydrogen) atoms. The topological polar surface area (TPSA) is 36.9 Å². The number of hydrogen-bond acceptors (Lipinski definition) is 4. The largest absolute Gasteiger partial charge is 0.451 e. The molecule has 1 fully saturated rings. The van der Waals surface area contributed by atoms with E-state index in [0.717, 1.165) is 47.0 Å². The molecule has 260 valence electrons. The van der Waals surface area contributed by atoms with Gasteiger partial charge in [-0.2, -0.15) is 0 Å². The first-order valence-corrected chi connectivity index (χ1v) is 21.4. The van der Waals surface area contributed by atoms with E-state index < -0.39 is 15.8 Å². The minimum absolute atomic E-state index is 0.348. The van der Waals surface area contributed by atoms with E-state index >= 15 is 0 Å². The van der Waals surface area contributed by atoms with Crippen LogP contribution in [0.25, 0.3) is 11.1 Å². The number of ether oxygens (including phenoxy) is 4. The highest BCUT2D eigenvalue weighted by molar-refractivity contribution is 7.80. The molecule has 6 atom stereocenters. The fourth-order valence-electron chi connectivity index (χ4n) is 9.50. The van der Waals surface area contributed by atoms with Crippen molar-refractivity contribution >= 4 is 47.7 Å². The Hall–Kier alpha value is -4.88. The average molecular weight is 729 g/mol. The molecule has 6 heteroatoms. The van der Waals surface area contributed by atoms with E-state index in [4.69, 9.17) is 18.9 Å². The molecule has 0 saturated heterocycles. The summed E-state index contributed by atoms with van der Waals surface area (Å²) in [6.07, 6.45) is 7.05. The molecule has 0 aromatic heterocycles. The molecule has 3 heterocycles. The summed E-state index contributed by atoms with van der Waals surface area (Å²) in [4.78, 5) is 0. The molecule has 5 aliphatic rings. The van der Waals surface area contributed by atoms with Gasteiger partial charge in [0.25, 0.3) is 0 Å². The van der Waals surface area contributed by atoms with Crippen molar-refractivity contribution in [2.75, 3.05) is 0 Å². The molecular formula is C47H38O4P2. The number of fused-ring (bicyclic) bond motifs is 8. The molecule has 1 saturated carbocycles. The second-order valence-electron chi connectivity index (χ2n) is 14.7.